The summed E-state index contributed by atoms with van der Waals surface area (Å²) in [4.78, 5) is 11.7. The van der Waals surface area contributed by atoms with Crippen molar-refractivity contribution in [2.45, 2.75) is 39.4 Å². The highest BCUT2D eigenvalue weighted by atomic mass is 16.5. The molecule has 170 valence electrons. The van der Waals surface area contributed by atoms with Gasteiger partial charge in [0.25, 0.3) is 0 Å². The van der Waals surface area contributed by atoms with Crippen LogP contribution in [0.4, 0.5) is 5.95 Å². The first-order valence-electron chi connectivity index (χ1n) is 9.76. The maximum atomic E-state index is 10.5. The minimum absolute atomic E-state index is 0.135. The van der Waals surface area contributed by atoms with E-state index in [2.05, 4.69) is 54.4 Å². The normalized spacial score (nSPS) is 11.3. The Balaban J connectivity index is 0.000000411. The highest BCUT2D eigenvalue weighted by Crippen LogP contribution is 2.29. The van der Waals surface area contributed by atoms with Gasteiger partial charge in [-0.2, -0.15) is 15.1 Å². The number of benzene rings is 1. The minimum atomic E-state index is -1.13. The molecule has 0 fully saturated rings. The molecule has 0 amide bonds. The van der Waals surface area contributed by atoms with Crippen molar-refractivity contribution < 1.29 is 14.7 Å². The molecule has 0 unspecified atom stereocenters. The molecule has 0 saturated heterocycles. The third kappa shape index (κ3) is 6.61. The van der Waals surface area contributed by atoms with Crippen LogP contribution in [0.3, 0.4) is 0 Å². The number of hydrogen-bond donors (Lipinski definition) is 3. The smallest absolute Gasteiger partial charge is 0.223 e. The first-order chi connectivity index (χ1) is 15.6. The van der Waals surface area contributed by atoms with E-state index in [9.17, 15) is 10.2 Å². The molecule has 0 saturated carbocycles. The zero-order valence-electron chi connectivity index (χ0n) is 18.8. The molecule has 10 heteroatoms. The molecule has 3 heterocycles. The molecule has 1 atom stereocenters. The van der Waals surface area contributed by atoms with E-state index in [0.29, 0.717) is 17.4 Å². The van der Waals surface area contributed by atoms with Crippen LogP contribution in [0.15, 0.2) is 41.3 Å². The zero-order chi connectivity index (χ0) is 24.6. The Morgan fingerprint density at radius 3 is 2.45 bits per heavy atom. The Morgan fingerprint density at radius 2 is 1.94 bits per heavy atom. The van der Waals surface area contributed by atoms with E-state index < -0.39 is 11.7 Å². The van der Waals surface area contributed by atoms with Gasteiger partial charge in [0, 0.05) is 30.1 Å². The van der Waals surface area contributed by atoms with E-state index in [-0.39, 0.29) is 5.95 Å². The Morgan fingerprint density at radius 1 is 1.21 bits per heavy atom. The van der Waals surface area contributed by atoms with E-state index in [0.717, 1.165) is 16.5 Å². The number of anilines is 1. The molecule has 0 radical (unpaired) electrons. The maximum Gasteiger partial charge on any atom is 0.223 e. The van der Waals surface area contributed by atoms with Crippen LogP contribution in [0.5, 0.6) is 0 Å². The second-order valence-electron chi connectivity index (χ2n) is 7.23. The van der Waals surface area contributed by atoms with Crippen molar-refractivity contribution >= 4 is 16.9 Å². The Kier molecular flexibility index (Phi) is 8.24. The Hall–Kier alpha value is -4.25. The van der Waals surface area contributed by atoms with Crippen LogP contribution >= 0.6 is 0 Å². The SMILES string of the molecule is C#C.C[C@@H](O)C#Cc1ccc2c(C(C)(C)O)nn(-c3ccnc(N)n3)c2c1.Cc1ncno1. The van der Waals surface area contributed by atoms with Gasteiger partial charge >= 0.3 is 0 Å². The zero-order valence-corrected chi connectivity index (χ0v) is 18.8. The second kappa shape index (κ2) is 10.9. The van der Waals surface area contributed by atoms with Crippen molar-refractivity contribution in [3.8, 4) is 30.5 Å². The molecule has 0 aliphatic rings. The fourth-order valence-electron chi connectivity index (χ4n) is 2.72. The molecule has 33 heavy (non-hydrogen) atoms. The molecule has 3 aromatic heterocycles. The van der Waals surface area contributed by atoms with Crippen molar-refractivity contribution in [1.29, 1.82) is 0 Å². The summed E-state index contributed by atoms with van der Waals surface area (Å²) in [7, 11) is 0. The fraction of sp³-hybridized carbons (Fsp3) is 0.261. The fourth-order valence-corrected chi connectivity index (χ4v) is 2.72. The summed E-state index contributed by atoms with van der Waals surface area (Å²) in [6.07, 6.45) is 10.2. The molecule has 0 bridgehead atoms. The van der Waals surface area contributed by atoms with Crippen molar-refractivity contribution in [2.75, 3.05) is 5.73 Å². The lowest BCUT2D eigenvalue weighted by Crippen LogP contribution is -2.17. The number of hydrogen-bond acceptors (Lipinski definition) is 9. The number of fused-ring (bicyclic) bond motifs is 1. The molecule has 0 spiro atoms. The number of aliphatic hydroxyl groups excluding tert-OH is 1. The van der Waals surface area contributed by atoms with Crippen molar-refractivity contribution in [1.82, 2.24) is 29.9 Å². The number of rotatable bonds is 2. The predicted molar refractivity (Wildman–Crippen MR) is 124 cm³/mol. The molecule has 4 rings (SSSR count). The highest BCUT2D eigenvalue weighted by Gasteiger charge is 2.25. The number of nitrogens with zero attached hydrogens (tertiary/aromatic N) is 6. The summed E-state index contributed by atoms with van der Waals surface area (Å²) < 4.78 is 6.08. The van der Waals surface area contributed by atoms with Gasteiger partial charge in [-0.15, -0.1) is 12.8 Å². The van der Waals surface area contributed by atoms with Crippen LogP contribution in [-0.4, -0.2) is 46.2 Å². The monoisotopic (exact) mass is 447 g/mol. The van der Waals surface area contributed by atoms with Gasteiger partial charge in [0.15, 0.2) is 12.1 Å². The topological polar surface area (TPSA) is 149 Å². The largest absolute Gasteiger partial charge is 0.384 e. The number of aromatic nitrogens is 6. The minimum Gasteiger partial charge on any atom is -0.384 e. The van der Waals surface area contributed by atoms with Gasteiger partial charge in [-0.25, -0.2) is 9.67 Å². The van der Waals surface area contributed by atoms with Crippen molar-refractivity contribution in [3.63, 3.8) is 0 Å². The lowest BCUT2D eigenvalue weighted by molar-refractivity contribution is 0.0749. The summed E-state index contributed by atoms with van der Waals surface area (Å²) in [5.74, 6) is 6.86. The van der Waals surface area contributed by atoms with Crippen LogP contribution in [-0.2, 0) is 5.60 Å². The lowest BCUT2D eigenvalue weighted by Gasteiger charge is -2.14. The summed E-state index contributed by atoms with van der Waals surface area (Å²) in [6, 6.07) is 7.20. The lowest BCUT2D eigenvalue weighted by atomic mass is 10.0. The van der Waals surface area contributed by atoms with E-state index in [1.165, 1.54) is 6.33 Å². The number of nitrogen functional groups attached to an aromatic ring is 1. The van der Waals surface area contributed by atoms with E-state index in [1.54, 1.807) is 44.6 Å². The van der Waals surface area contributed by atoms with Crippen molar-refractivity contribution in [3.05, 3.63) is 53.9 Å². The van der Waals surface area contributed by atoms with Gasteiger partial charge in [-0.1, -0.05) is 17.0 Å². The number of aryl methyl sites for hydroxylation is 1. The average molecular weight is 447 g/mol. The first kappa shape index (κ1) is 25.0. The molecule has 0 aliphatic carbocycles. The second-order valence-corrected chi connectivity index (χ2v) is 7.23. The number of nitrogens with two attached hydrogens (primary N) is 1. The maximum absolute atomic E-state index is 10.5. The van der Waals surface area contributed by atoms with Crippen LogP contribution in [0, 0.1) is 31.6 Å². The van der Waals surface area contributed by atoms with Crippen LogP contribution < -0.4 is 5.73 Å². The van der Waals surface area contributed by atoms with Gasteiger partial charge in [-0.3, -0.25) is 0 Å². The average Bonchev–Trinajstić information content (AvgIpc) is 3.40. The van der Waals surface area contributed by atoms with Crippen LogP contribution in [0.2, 0.25) is 0 Å². The molecule has 4 N–H and O–H groups in total. The third-order valence-corrected chi connectivity index (χ3v) is 4.03. The molecular weight excluding hydrogens is 422 g/mol. The van der Waals surface area contributed by atoms with Crippen molar-refractivity contribution in [2.24, 2.45) is 0 Å². The molecule has 10 nitrogen and oxygen atoms in total. The summed E-state index contributed by atoms with van der Waals surface area (Å²) >= 11 is 0. The number of terminal acetylenes is 1. The highest BCUT2D eigenvalue weighted by molar-refractivity contribution is 5.85. The van der Waals surface area contributed by atoms with Crippen LogP contribution in [0.25, 0.3) is 16.7 Å². The summed E-state index contributed by atoms with van der Waals surface area (Å²) in [5, 5.41) is 28.5. The molecule has 0 aliphatic heterocycles. The van der Waals surface area contributed by atoms with Gasteiger partial charge in [-0.05, 0) is 39.0 Å². The van der Waals surface area contributed by atoms with E-state index >= 15 is 0 Å². The molecule has 4 aromatic rings. The summed E-state index contributed by atoms with van der Waals surface area (Å²) in [6.45, 7) is 6.70. The van der Waals surface area contributed by atoms with E-state index in [4.69, 9.17) is 5.73 Å². The van der Waals surface area contributed by atoms with Gasteiger partial charge in [0.05, 0.1) is 5.52 Å². The Bertz CT molecular complexity index is 1270. The van der Waals surface area contributed by atoms with Gasteiger partial charge in [0.1, 0.15) is 17.4 Å². The van der Waals surface area contributed by atoms with Crippen LogP contribution in [0.1, 0.15) is 37.9 Å². The first-order valence-corrected chi connectivity index (χ1v) is 9.76. The molecular formula is C23H25N7O3. The number of aliphatic hydroxyl groups is 2. The molecule has 1 aromatic carbocycles. The summed E-state index contributed by atoms with van der Waals surface area (Å²) in [5.41, 5.74) is 6.52. The third-order valence-electron chi connectivity index (χ3n) is 4.03. The quantitative estimate of drug-likeness (QED) is 0.392. The Labute approximate surface area is 191 Å². The van der Waals surface area contributed by atoms with Gasteiger partial charge in [0.2, 0.25) is 11.8 Å². The predicted octanol–water partition coefficient (Wildman–Crippen LogP) is 1.98. The van der Waals surface area contributed by atoms with Gasteiger partial charge < -0.3 is 20.5 Å². The standard InChI is InChI=1S/C18H19N5O2.C3H4N2O.C2H2/c1-11(24)4-5-12-6-7-13-14(10-12)23(22-16(13)18(2,3)25)15-8-9-20-17(19)21-15;1-3-4-2-5-6-3;1-2/h6-11,24-25H,1-3H3,(H2,19,20,21);2H,1H3;1-2H/t11-;;/m1../s1. The van der Waals surface area contributed by atoms with E-state index in [1.807, 2.05) is 18.2 Å².